The van der Waals surface area contributed by atoms with E-state index in [1.807, 2.05) is 6.92 Å². The molecule has 1 heterocycles. The van der Waals surface area contributed by atoms with Crippen LogP contribution in [0.3, 0.4) is 0 Å². The standard InChI is InChI=1S/C12H22N4O/c1-8-7-14-16-11(8)15-10(17)5-9(13)6-12(2,3)4/h7,9H,5-6,13H2,1-4H3,(H2,14,15,16,17). The Bertz CT molecular complexity index is 378. The van der Waals surface area contributed by atoms with Crippen LogP contribution in [0.15, 0.2) is 6.20 Å². The lowest BCUT2D eigenvalue weighted by molar-refractivity contribution is -0.116. The average molecular weight is 238 g/mol. The molecular weight excluding hydrogens is 216 g/mol. The molecule has 0 bridgehead atoms. The molecule has 0 aliphatic carbocycles. The Morgan fingerprint density at radius 1 is 1.59 bits per heavy atom. The van der Waals surface area contributed by atoms with Crippen molar-refractivity contribution in [2.75, 3.05) is 5.32 Å². The summed E-state index contributed by atoms with van der Waals surface area (Å²) in [4.78, 5) is 11.7. The van der Waals surface area contributed by atoms with E-state index in [1.54, 1.807) is 6.20 Å². The van der Waals surface area contributed by atoms with Crippen molar-refractivity contribution < 1.29 is 4.79 Å². The second-order valence-corrected chi connectivity index (χ2v) is 5.71. The third-order valence-electron chi connectivity index (χ3n) is 2.42. The van der Waals surface area contributed by atoms with Gasteiger partial charge in [0.2, 0.25) is 5.91 Å². The summed E-state index contributed by atoms with van der Waals surface area (Å²) in [6.07, 6.45) is 2.82. The highest BCUT2D eigenvalue weighted by molar-refractivity contribution is 5.90. The Labute approximate surface area is 102 Å². The molecule has 0 aliphatic rings. The van der Waals surface area contributed by atoms with E-state index in [1.165, 1.54) is 0 Å². The second kappa shape index (κ2) is 5.31. The van der Waals surface area contributed by atoms with Crippen LogP contribution in [-0.2, 0) is 4.79 Å². The topological polar surface area (TPSA) is 83.8 Å². The predicted octanol–water partition coefficient (Wildman–Crippen LogP) is 1.81. The molecule has 1 unspecified atom stereocenters. The SMILES string of the molecule is Cc1cn[nH]c1NC(=O)CC(N)CC(C)(C)C. The smallest absolute Gasteiger partial charge is 0.227 e. The predicted molar refractivity (Wildman–Crippen MR) is 68.6 cm³/mol. The van der Waals surface area contributed by atoms with Crippen LogP contribution in [0.1, 0.15) is 39.2 Å². The molecule has 1 amide bonds. The highest BCUT2D eigenvalue weighted by Gasteiger charge is 2.18. The van der Waals surface area contributed by atoms with E-state index in [-0.39, 0.29) is 17.4 Å². The van der Waals surface area contributed by atoms with Crippen LogP contribution in [0.25, 0.3) is 0 Å². The molecule has 1 rings (SSSR count). The van der Waals surface area contributed by atoms with Crippen LogP contribution in [0.2, 0.25) is 0 Å². The molecule has 0 aliphatic heterocycles. The zero-order valence-corrected chi connectivity index (χ0v) is 11.0. The molecule has 0 fully saturated rings. The van der Waals surface area contributed by atoms with Gasteiger partial charge in [-0.15, -0.1) is 0 Å². The van der Waals surface area contributed by atoms with Crippen LogP contribution >= 0.6 is 0 Å². The summed E-state index contributed by atoms with van der Waals surface area (Å²) in [7, 11) is 0. The van der Waals surface area contributed by atoms with Crippen molar-refractivity contribution in [1.29, 1.82) is 0 Å². The van der Waals surface area contributed by atoms with E-state index < -0.39 is 0 Å². The van der Waals surface area contributed by atoms with Crippen molar-refractivity contribution >= 4 is 11.7 Å². The van der Waals surface area contributed by atoms with Gasteiger partial charge >= 0.3 is 0 Å². The number of nitrogens with two attached hydrogens (primary N) is 1. The fraction of sp³-hybridized carbons (Fsp3) is 0.667. The van der Waals surface area contributed by atoms with Gasteiger partial charge in [-0.25, -0.2) is 0 Å². The molecule has 4 N–H and O–H groups in total. The number of amides is 1. The molecule has 1 atom stereocenters. The number of nitrogens with one attached hydrogen (secondary N) is 2. The minimum Gasteiger partial charge on any atom is -0.327 e. The normalized spacial score (nSPS) is 13.5. The van der Waals surface area contributed by atoms with Gasteiger partial charge in [0, 0.05) is 18.0 Å². The number of nitrogens with zero attached hydrogens (tertiary/aromatic N) is 1. The zero-order chi connectivity index (χ0) is 13.1. The number of H-pyrrole nitrogens is 1. The molecule has 0 saturated heterocycles. The number of carbonyl (C=O) groups is 1. The van der Waals surface area contributed by atoms with Crippen molar-refractivity contribution in [1.82, 2.24) is 10.2 Å². The molecule has 96 valence electrons. The number of anilines is 1. The average Bonchev–Trinajstić information content (AvgIpc) is 2.47. The van der Waals surface area contributed by atoms with E-state index in [9.17, 15) is 4.79 Å². The van der Waals surface area contributed by atoms with Crippen LogP contribution in [0.4, 0.5) is 5.82 Å². The fourth-order valence-electron chi connectivity index (χ4n) is 1.76. The van der Waals surface area contributed by atoms with Crippen molar-refractivity contribution in [3.05, 3.63) is 11.8 Å². The fourth-order valence-corrected chi connectivity index (χ4v) is 1.76. The number of aryl methyl sites for hydroxylation is 1. The van der Waals surface area contributed by atoms with Gasteiger partial charge in [-0.05, 0) is 18.8 Å². The first-order valence-corrected chi connectivity index (χ1v) is 5.83. The van der Waals surface area contributed by atoms with Gasteiger partial charge in [0.15, 0.2) is 0 Å². The Balaban J connectivity index is 2.43. The summed E-state index contributed by atoms with van der Waals surface area (Å²) in [5.41, 5.74) is 7.00. The molecule has 1 aromatic rings. The van der Waals surface area contributed by atoms with Crippen LogP contribution in [0, 0.1) is 12.3 Å². The lowest BCUT2D eigenvalue weighted by atomic mass is 9.87. The first-order valence-electron chi connectivity index (χ1n) is 5.83. The van der Waals surface area contributed by atoms with Gasteiger partial charge < -0.3 is 11.1 Å². The maximum absolute atomic E-state index is 11.7. The van der Waals surface area contributed by atoms with Gasteiger partial charge in [-0.2, -0.15) is 5.10 Å². The van der Waals surface area contributed by atoms with E-state index in [4.69, 9.17) is 5.73 Å². The molecule has 17 heavy (non-hydrogen) atoms. The van der Waals surface area contributed by atoms with Crippen molar-refractivity contribution in [3.63, 3.8) is 0 Å². The number of carbonyl (C=O) groups excluding carboxylic acids is 1. The lowest BCUT2D eigenvalue weighted by Gasteiger charge is -2.22. The highest BCUT2D eigenvalue weighted by atomic mass is 16.1. The third-order valence-corrected chi connectivity index (χ3v) is 2.42. The Hall–Kier alpha value is -1.36. The largest absolute Gasteiger partial charge is 0.327 e. The summed E-state index contributed by atoms with van der Waals surface area (Å²) in [5, 5.41) is 9.35. The molecule has 0 aromatic carbocycles. The van der Waals surface area contributed by atoms with Crippen molar-refractivity contribution in [2.24, 2.45) is 11.1 Å². The van der Waals surface area contributed by atoms with E-state index in [2.05, 4.69) is 36.3 Å². The Morgan fingerprint density at radius 2 is 2.24 bits per heavy atom. The minimum absolute atomic E-state index is 0.0749. The summed E-state index contributed by atoms with van der Waals surface area (Å²) in [5.74, 6) is 0.576. The van der Waals surface area contributed by atoms with Gasteiger partial charge in [0.25, 0.3) is 0 Å². The van der Waals surface area contributed by atoms with Crippen molar-refractivity contribution in [3.8, 4) is 0 Å². The van der Waals surface area contributed by atoms with Gasteiger partial charge in [0.1, 0.15) is 5.82 Å². The molecule has 0 spiro atoms. The van der Waals surface area contributed by atoms with Crippen LogP contribution in [0.5, 0.6) is 0 Å². The first kappa shape index (κ1) is 13.7. The summed E-state index contributed by atoms with van der Waals surface area (Å²) < 4.78 is 0. The van der Waals surface area contributed by atoms with E-state index in [0.717, 1.165) is 12.0 Å². The minimum atomic E-state index is -0.113. The Morgan fingerprint density at radius 3 is 2.71 bits per heavy atom. The lowest BCUT2D eigenvalue weighted by Crippen LogP contribution is -2.31. The van der Waals surface area contributed by atoms with Crippen LogP contribution < -0.4 is 11.1 Å². The highest BCUT2D eigenvalue weighted by Crippen LogP contribution is 2.21. The van der Waals surface area contributed by atoms with Gasteiger partial charge in [-0.3, -0.25) is 9.89 Å². The molecule has 5 nitrogen and oxygen atoms in total. The van der Waals surface area contributed by atoms with Gasteiger partial charge in [-0.1, -0.05) is 20.8 Å². The maximum atomic E-state index is 11.7. The monoisotopic (exact) mass is 238 g/mol. The molecule has 0 saturated carbocycles. The van der Waals surface area contributed by atoms with Crippen molar-refractivity contribution in [2.45, 2.75) is 46.6 Å². The number of rotatable bonds is 4. The van der Waals surface area contributed by atoms with Crippen LogP contribution in [-0.4, -0.2) is 22.1 Å². The second-order valence-electron chi connectivity index (χ2n) is 5.71. The van der Waals surface area contributed by atoms with E-state index >= 15 is 0 Å². The summed E-state index contributed by atoms with van der Waals surface area (Å²) >= 11 is 0. The Kier molecular flexibility index (Phi) is 4.28. The number of hydrogen-bond acceptors (Lipinski definition) is 3. The molecule has 1 aromatic heterocycles. The third kappa shape index (κ3) is 4.99. The number of aromatic nitrogens is 2. The first-order chi connectivity index (χ1) is 7.78. The molecule has 0 radical (unpaired) electrons. The maximum Gasteiger partial charge on any atom is 0.227 e. The summed E-state index contributed by atoms with van der Waals surface area (Å²) in [6.45, 7) is 8.23. The quantitative estimate of drug-likeness (QED) is 0.748. The number of aromatic amines is 1. The molecule has 5 heteroatoms. The van der Waals surface area contributed by atoms with Gasteiger partial charge in [0.05, 0.1) is 6.20 Å². The van der Waals surface area contributed by atoms with E-state index in [0.29, 0.717) is 12.2 Å². The zero-order valence-electron chi connectivity index (χ0n) is 11.0. The number of hydrogen-bond donors (Lipinski definition) is 3. The summed E-state index contributed by atoms with van der Waals surface area (Å²) in [6, 6.07) is -0.113. The molecular formula is C12H22N4O.